The van der Waals surface area contributed by atoms with Gasteiger partial charge in [-0.25, -0.2) is 4.79 Å². The van der Waals surface area contributed by atoms with Crippen molar-refractivity contribution in [2.24, 2.45) is 0 Å². The van der Waals surface area contributed by atoms with Gasteiger partial charge in [0.25, 0.3) is 17.7 Å². The van der Waals surface area contributed by atoms with E-state index in [9.17, 15) is 19.2 Å². The zero-order valence-corrected chi connectivity index (χ0v) is 14.0. The van der Waals surface area contributed by atoms with Crippen molar-refractivity contribution < 1.29 is 28.4 Å². The first-order valence-electron chi connectivity index (χ1n) is 7.75. The molecule has 2 aromatic rings. The van der Waals surface area contributed by atoms with Crippen LogP contribution < -0.4 is 5.32 Å². The molecule has 0 radical (unpaired) electrons. The maximum Gasteiger partial charge on any atom is 0.329 e. The SMILES string of the molecule is Cc1cc(NC(=O)COC(=O)C(C)N2C(=O)c3ccccc3C2=O)on1. The van der Waals surface area contributed by atoms with Crippen molar-refractivity contribution in [2.45, 2.75) is 19.9 Å². The molecule has 1 N–H and O–H groups in total. The van der Waals surface area contributed by atoms with Crippen molar-refractivity contribution in [3.63, 3.8) is 0 Å². The first-order valence-corrected chi connectivity index (χ1v) is 7.75. The number of rotatable bonds is 5. The fourth-order valence-electron chi connectivity index (χ4n) is 2.52. The molecule has 2 heterocycles. The highest BCUT2D eigenvalue weighted by Gasteiger charge is 2.41. The van der Waals surface area contributed by atoms with Crippen LogP contribution in [0.4, 0.5) is 5.88 Å². The van der Waals surface area contributed by atoms with Gasteiger partial charge in [-0.05, 0) is 26.0 Å². The summed E-state index contributed by atoms with van der Waals surface area (Å²) in [4.78, 5) is 49.4. The van der Waals surface area contributed by atoms with Gasteiger partial charge >= 0.3 is 5.97 Å². The summed E-state index contributed by atoms with van der Waals surface area (Å²) in [5, 5.41) is 5.97. The van der Waals surface area contributed by atoms with Crippen molar-refractivity contribution >= 4 is 29.6 Å². The Morgan fingerprint density at radius 2 is 1.85 bits per heavy atom. The van der Waals surface area contributed by atoms with Gasteiger partial charge in [-0.1, -0.05) is 17.3 Å². The van der Waals surface area contributed by atoms with Crippen molar-refractivity contribution in [3.05, 3.63) is 47.2 Å². The number of benzene rings is 1. The summed E-state index contributed by atoms with van der Waals surface area (Å²) in [6.07, 6.45) is 0. The molecule has 9 heteroatoms. The van der Waals surface area contributed by atoms with Gasteiger partial charge in [0.15, 0.2) is 6.61 Å². The summed E-state index contributed by atoms with van der Waals surface area (Å²) < 4.78 is 9.71. The molecule has 1 aromatic carbocycles. The molecule has 3 rings (SSSR count). The van der Waals surface area contributed by atoms with E-state index in [4.69, 9.17) is 9.26 Å². The van der Waals surface area contributed by atoms with Crippen LogP contribution in [-0.4, -0.2) is 46.4 Å². The van der Waals surface area contributed by atoms with Crippen LogP contribution in [0.2, 0.25) is 0 Å². The van der Waals surface area contributed by atoms with Crippen LogP contribution in [-0.2, 0) is 14.3 Å². The van der Waals surface area contributed by atoms with Gasteiger partial charge in [-0.3, -0.25) is 24.6 Å². The Morgan fingerprint density at radius 1 is 1.23 bits per heavy atom. The van der Waals surface area contributed by atoms with E-state index in [2.05, 4.69) is 10.5 Å². The topological polar surface area (TPSA) is 119 Å². The highest BCUT2D eigenvalue weighted by molar-refractivity contribution is 6.22. The molecule has 1 aromatic heterocycles. The molecule has 0 saturated heterocycles. The minimum atomic E-state index is -1.16. The lowest BCUT2D eigenvalue weighted by Crippen LogP contribution is -2.44. The largest absolute Gasteiger partial charge is 0.454 e. The summed E-state index contributed by atoms with van der Waals surface area (Å²) in [6, 6.07) is 6.63. The zero-order chi connectivity index (χ0) is 18.8. The molecule has 3 amide bonds. The molecule has 0 aliphatic carbocycles. The molecule has 0 fully saturated rings. The van der Waals surface area contributed by atoms with E-state index < -0.39 is 36.3 Å². The number of ether oxygens (including phenoxy) is 1. The van der Waals surface area contributed by atoms with E-state index in [0.717, 1.165) is 4.90 Å². The molecule has 26 heavy (non-hydrogen) atoms. The van der Waals surface area contributed by atoms with Gasteiger partial charge in [0.2, 0.25) is 5.88 Å². The molecular formula is C17H15N3O6. The quantitative estimate of drug-likeness (QED) is 0.630. The lowest BCUT2D eigenvalue weighted by atomic mass is 10.1. The first kappa shape index (κ1) is 17.3. The summed E-state index contributed by atoms with van der Waals surface area (Å²) in [5.41, 5.74) is 1.04. The van der Waals surface area contributed by atoms with Gasteiger partial charge in [-0.15, -0.1) is 0 Å². The number of carbonyl (C=O) groups excluding carboxylic acids is 4. The Kier molecular flexibility index (Phi) is 4.53. The Hall–Kier alpha value is -3.49. The molecule has 9 nitrogen and oxygen atoms in total. The second-order valence-electron chi connectivity index (χ2n) is 5.69. The third-order valence-corrected chi connectivity index (χ3v) is 3.79. The molecule has 1 unspecified atom stereocenters. The maximum absolute atomic E-state index is 12.3. The number of amides is 3. The molecule has 0 spiro atoms. The van der Waals surface area contributed by atoms with E-state index in [1.54, 1.807) is 19.1 Å². The Bertz CT molecular complexity index is 868. The number of aromatic nitrogens is 1. The number of hydrogen-bond acceptors (Lipinski definition) is 7. The molecule has 134 valence electrons. The molecular weight excluding hydrogens is 342 g/mol. The average molecular weight is 357 g/mol. The fourth-order valence-corrected chi connectivity index (χ4v) is 2.52. The van der Waals surface area contributed by atoms with Gasteiger partial charge in [0, 0.05) is 6.07 Å². The Balaban J connectivity index is 1.59. The molecule has 1 aliphatic heterocycles. The van der Waals surface area contributed by atoms with Crippen molar-refractivity contribution in [1.82, 2.24) is 10.1 Å². The Labute approximate surface area is 147 Å². The molecule has 1 aliphatic rings. The third kappa shape index (κ3) is 3.18. The lowest BCUT2D eigenvalue weighted by Gasteiger charge is -2.20. The normalized spacial score (nSPS) is 14.2. The summed E-state index contributed by atoms with van der Waals surface area (Å²) >= 11 is 0. The van der Waals surface area contributed by atoms with Gasteiger partial charge in [0.05, 0.1) is 16.8 Å². The van der Waals surface area contributed by atoms with Crippen LogP contribution in [0.1, 0.15) is 33.3 Å². The number of carbonyl (C=O) groups is 4. The van der Waals surface area contributed by atoms with Crippen molar-refractivity contribution in [1.29, 1.82) is 0 Å². The van der Waals surface area contributed by atoms with Crippen LogP contribution in [0.5, 0.6) is 0 Å². The minimum absolute atomic E-state index is 0.122. The predicted molar refractivity (Wildman–Crippen MR) is 87.2 cm³/mol. The van der Waals surface area contributed by atoms with Crippen LogP contribution in [0.3, 0.4) is 0 Å². The fraction of sp³-hybridized carbons (Fsp3) is 0.235. The van der Waals surface area contributed by atoms with E-state index in [-0.39, 0.29) is 17.0 Å². The van der Waals surface area contributed by atoms with Crippen LogP contribution >= 0.6 is 0 Å². The number of aryl methyl sites for hydroxylation is 1. The summed E-state index contributed by atoms with van der Waals surface area (Å²) in [7, 11) is 0. The van der Waals surface area contributed by atoms with Gasteiger partial charge in [0.1, 0.15) is 6.04 Å². The van der Waals surface area contributed by atoms with Gasteiger partial charge < -0.3 is 9.26 Å². The number of anilines is 1. The van der Waals surface area contributed by atoms with Crippen molar-refractivity contribution in [2.75, 3.05) is 11.9 Å². The lowest BCUT2D eigenvalue weighted by molar-refractivity contribution is -0.150. The maximum atomic E-state index is 12.3. The second-order valence-corrected chi connectivity index (χ2v) is 5.69. The van der Waals surface area contributed by atoms with Crippen LogP contribution in [0.25, 0.3) is 0 Å². The standard InChI is InChI=1S/C17H15N3O6/c1-9-7-14(26-19-9)18-13(21)8-25-17(24)10(2)20-15(22)11-5-3-4-6-12(11)16(20)23/h3-7,10H,8H2,1-2H3,(H,18,21). The monoisotopic (exact) mass is 357 g/mol. The van der Waals surface area contributed by atoms with Crippen molar-refractivity contribution in [3.8, 4) is 0 Å². The second kappa shape index (κ2) is 6.79. The number of nitrogens with one attached hydrogen (secondary N) is 1. The first-order chi connectivity index (χ1) is 12.4. The number of nitrogens with zero attached hydrogens (tertiary/aromatic N) is 2. The number of fused-ring (bicyclic) bond motifs is 1. The average Bonchev–Trinajstić information content (AvgIpc) is 3.14. The third-order valence-electron chi connectivity index (χ3n) is 3.79. The van der Waals surface area contributed by atoms with E-state index in [1.807, 2.05) is 0 Å². The van der Waals surface area contributed by atoms with E-state index >= 15 is 0 Å². The number of imide groups is 1. The summed E-state index contributed by atoms with van der Waals surface area (Å²) in [6.45, 7) is 2.46. The van der Waals surface area contributed by atoms with Gasteiger partial charge in [-0.2, -0.15) is 0 Å². The van der Waals surface area contributed by atoms with E-state index in [0.29, 0.717) is 5.69 Å². The summed E-state index contributed by atoms with van der Waals surface area (Å²) in [5.74, 6) is -2.53. The zero-order valence-electron chi connectivity index (χ0n) is 14.0. The highest BCUT2D eigenvalue weighted by Crippen LogP contribution is 2.24. The van der Waals surface area contributed by atoms with Crippen LogP contribution in [0.15, 0.2) is 34.9 Å². The number of hydrogen-bond donors (Lipinski definition) is 1. The Morgan fingerprint density at radius 3 is 2.38 bits per heavy atom. The minimum Gasteiger partial charge on any atom is -0.454 e. The smallest absolute Gasteiger partial charge is 0.329 e. The molecule has 0 bridgehead atoms. The van der Waals surface area contributed by atoms with Crippen LogP contribution in [0, 0.1) is 6.92 Å². The molecule has 1 atom stereocenters. The van der Waals surface area contributed by atoms with E-state index in [1.165, 1.54) is 25.1 Å². The predicted octanol–water partition coefficient (Wildman–Crippen LogP) is 1.15. The highest BCUT2D eigenvalue weighted by atomic mass is 16.5. The number of esters is 1. The molecule has 0 saturated carbocycles.